The first kappa shape index (κ1) is 19.5. The molecular weight excluding hydrogens is 356 g/mol. The van der Waals surface area contributed by atoms with Gasteiger partial charge in [-0.05, 0) is 32.4 Å². The number of phenols is 3. The zero-order chi connectivity index (χ0) is 20.8. The summed E-state index contributed by atoms with van der Waals surface area (Å²) in [5.74, 6) is -0.698. The molecule has 5 nitrogen and oxygen atoms in total. The SMILES string of the molecule is C=CC(C)(C)c1cc(O)c2oc3c(O)c(CC=C(C)C)ccc3c(=O)c2c1O. The van der Waals surface area contributed by atoms with Crippen LogP contribution in [0.5, 0.6) is 17.2 Å². The molecule has 0 fully saturated rings. The number of aromatic hydroxyl groups is 3. The Morgan fingerprint density at radius 2 is 1.82 bits per heavy atom. The molecule has 28 heavy (non-hydrogen) atoms. The number of hydrogen-bond donors (Lipinski definition) is 3. The van der Waals surface area contributed by atoms with E-state index in [4.69, 9.17) is 4.42 Å². The summed E-state index contributed by atoms with van der Waals surface area (Å²) < 4.78 is 5.71. The minimum Gasteiger partial charge on any atom is -0.507 e. The maximum Gasteiger partial charge on any atom is 0.204 e. The van der Waals surface area contributed by atoms with E-state index in [0.717, 1.165) is 5.57 Å². The van der Waals surface area contributed by atoms with Crippen molar-refractivity contribution in [3.05, 3.63) is 63.9 Å². The number of hydrogen-bond acceptors (Lipinski definition) is 5. The van der Waals surface area contributed by atoms with Crippen molar-refractivity contribution in [2.24, 2.45) is 0 Å². The van der Waals surface area contributed by atoms with Crippen LogP contribution in [0.4, 0.5) is 0 Å². The molecule has 1 aromatic heterocycles. The fraction of sp³-hybridized carbons (Fsp3) is 0.261. The highest BCUT2D eigenvalue weighted by Gasteiger charge is 2.27. The summed E-state index contributed by atoms with van der Waals surface area (Å²) >= 11 is 0. The predicted molar refractivity (Wildman–Crippen MR) is 111 cm³/mol. The summed E-state index contributed by atoms with van der Waals surface area (Å²) in [7, 11) is 0. The highest BCUT2D eigenvalue weighted by Crippen LogP contribution is 2.42. The van der Waals surface area contributed by atoms with Gasteiger partial charge in [-0.15, -0.1) is 6.58 Å². The van der Waals surface area contributed by atoms with Crippen LogP contribution in [0.15, 0.2) is 51.7 Å². The first-order valence-corrected chi connectivity index (χ1v) is 9.02. The molecule has 0 amide bonds. The number of rotatable bonds is 4. The van der Waals surface area contributed by atoms with E-state index in [9.17, 15) is 20.1 Å². The van der Waals surface area contributed by atoms with Crippen LogP contribution >= 0.6 is 0 Å². The first-order chi connectivity index (χ1) is 13.1. The summed E-state index contributed by atoms with van der Waals surface area (Å²) in [4.78, 5) is 13.1. The van der Waals surface area contributed by atoms with Crippen molar-refractivity contribution in [3.8, 4) is 17.2 Å². The maximum absolute atomic E-state index is 13.1. The van der Waals surface area contributed by atoms with E-state index in [2.05, 4.69) is 6.58 Å². The molecule has 146 valence electrons. The van der Waals surface area contributed by atoms with Crippen molar-refractivity contribution < 1.29 is 19.7 Å². The van der Waals surface area contributed by atoms with Crippen molar-refractivity contribution in [2.45, 2.75) is 39.5 Å². The molecule has 0 saturated carbocycles. The van der Waals surface area contributed by atoms with Gasteiger partial charge < -0.3 is 19.7 Å². The lowest BCUT2D eigenvalue weighted by atomic mass is 9.83. The van der Waals surface area contributed by atoms with Gasteiger partial charge in [0.2, 0.25) is 5.43 Å². The van der Waals surface area contributed by atoms with E-state index in [-0.39, 0.29) is 39.2 Å². The average molecular weight is 380 g/mol. The number of phenolic OH excluding ortho intramolecular Hbond substituents is 3. The second-order valence-corrected chi connectivity index (χ2v) is 7.79. The second-order valence-electron chi connectivity index (χ2n) is 7.79. The lowest BCUT2D eigenvalue weighted by Crippen LogP contribution is -2.14. The van der Waals surface area contributed by atoms with Crippen LogP contribution in [0.1, 0.15) is 38.8 Å². The van der Waals surface area contributed by atoms with Crippen LogP contribution in [0, 0.1) is 0 Å². The summed E-state index contributed by atoms with van der Waals surface area (Å²) in [5, 5.41) is 31.9. The van der Waals surface area contributed by atoms with E-state index in [0.29, 0.717) is 17.5 Å². The molecule has 3 aromatic rings. The third kappa shape index (κ3) is 3.03. The molecule has 0 saturated heterocycles. The van der Waals surface area contributed by atoms with Gasteiger partial charge in [-0.25, -0.2) is 0 Å². The fourth-order valence-electron chi connectivity index (χ4n) is 3.17. The van der Waals surface area contributed by atoms with Gasteiger partial charge in [-0.3, -0.25) is 4.79 Å². The van der Waals surface area contributed by atoms with E-state index in [1.54, 1.807) is 18.2 Å². The normalized spacial score (nSPS) is 11.7. The van der Waals surface area contributed by atoms with Crippen LogP contribution in [-0.2, 0) is 11.8 Å². The van der Waals surface area contributed by atoms with Crippen LogP contribution < -0.4 is 5.43 Å². The van der Waals surface area contributed by atoms with Gasteiger partial charge in [0, 0.05) is 16.5 Å². The predicted octanol–water partition coefficient (Wildman–Crippen LogP) is 5.04. The van der Waals surface area contributed by atoms with Crippen molar-refractivity contribution in [3.63, 3.8) is 0 Å². The molecule has 0 radical (unpaired) electrons. The zero-order valence-electron chi connectivity index (χ0n) is 16.5. The van der Waals surface area contributed by atoms with Gasteiger partial charge in [-0.2, -0.15) is 0 Å². The van der Waals surface area contributed by atoms with Crippen LogP contribution in [-0.4, -0.2) is 15.3 Å². The summed E-state index contributed by atoms with van der Waals surface area (Å²) in [5.41, 5.74) is 0.700. The van der Waals surface area contributed by atoms with E-state index in [1.807, 2.05) is 33.8 Å². The number of benzene rings is 2. The lowest BCUT2D eigenvalue weighted by molar-refractivity contribution is 0.439. The summed E-state index contributed by atoms with van der Waals surface area (Å²) in [6, 6.07) is 4.59. The van der Waals surface area contributed by atoms with E-state index < -0.39 is 10.8 Å². The smallest absolute Gasteiger partial charge is 0.204 e. The number of fused-ring (bicyclic) bond motifs is 2. The molecule has 2 aromatic carbocycles. The average Bonchev–Trinajstić information content (AvgIpc) is 2.64. The molecule has 0 atom stereocenters. The van der Waals surface area contributed by atoms with Crippen molar-refractivity contribution in [1.29, 1.82) is 0 Å². The van der Waals surface area contributed by atoms with Gasteiger partial charge in [-0.1, -0.05) is 37.6 Å². The Morgan fingerprint density at radius 1 is 1.14 bits per heavy atom. The maximum atomic E-state index is 13.1. The topological polar surface area (TPSA) is 90.9 Å². The first-order valence-electron chi connectivity index (χ1n) is 9.02. The van der Waals surface area contributed by atoms with Crippen LogP contribution in [0.2, 0.25) is 0 Å². The fourth-order valence-corrected chi connectivity index (χ4v) is 3.17. The summed E-state index contributed by atoms with van der Waals surface area (Å²) in [6.45, 7) is 11.3. The molecule has 5 heteroatoms. The molecule has 0 spiro atoms. The van der Waals surface area contributed by atoms with Crippen LogP contribution in [0.25, 0.3) is 21.9 Å². The molecule has 0 aliphatic carbocycles. The highest BCUT2D eigenvalue weighted by molar-refractivity contribution is 5.98. The van der Waals surface area contributed by atoms with Crippen molar-refractivity contribution >= 4 is 21.9 Å². The quantitative estimate of drug-likeness (QED) is 0.335. The van der Waals surface area contributed by atoms with Crippen LogP contribution in [0.3, 0.4) is 0 Å². The van der Waals surface area contributed by atoms with Gasteiger partial charge >= 0.3 is 0 Å². The third-order valence-corrected chi connectivity index (χ3v) is 5.06. The molecule has 0 aliphatic rings. The molecule has 3 N–H and O–H groups in total. The molecule has 0 aliphatic heterocycles. The monoisotopic (exact) mass is 380 g/mol. The van der Waals surface area contributed by atoms with E-state index >= 15 is 0 Å². The minimum absolute atomic E-state index is 0.0115. The third-order valence-electron chi connectivity index (χ3n) is 5.06. The molecule has 3 rings (SSSR count). The van der Waals surface area contributed by atoms with Gasteiger partial charge in [0.15, 0.2) is 22.7 Å². The van der Waals surface area contributed by atoms with Crippen molar-refractivity contribution in [1.82, 2.24) is 0 Å². The standard InChI is InChI=1S/C23H24O5/c1-6-23(4,5)15-11-16(24)22-17(20(15)27)19(26)14-10-9-13(8-7-12(2)3)18(25)21(14)28-22/h6-7,9-11,24-25,27H,1,8H2,2-5H3. The Hall–Kier alpha value is -3.21. The van der Waals surface area contributed by atoms with Gasteiger partial charge in [0.25, 0.3) is 0 Å². The zero-order valence-corrected chi connectivity index (χ0v) is 16.5. The lowest BCUT2D eigenvalue weighted by Gasteiger charge is -2.22. The highest BCUT2D eigenvalue weighted by atomic mass is 16.4. The second kappa shape index (κ2) is 6.75. The Labute approximate surface area is 162 Å². The summed E-state index contributed by atoms with van der Waals surface area (Å²) in [6.07, 6.45) is 4.06. The largest absolute Gasteiger partial charge is 0.507 e. The Morgan fingerprint density at radius 3 is 2.43 bits per heavy atom. The molecule has 1 heterocycles. The Bertz CT molecular complexity index is 1190. The molecule has 0 unspecified atom stereocenters. The Kier molecular flexibility index (Phi) is 4.71. The molecule has 0 bridgehead atoms. The van der Waals surface area contributed by atoms with E-state index in [1.165, 1.54) is 6.07 Å². The van der Waals surface area contributed by atoms with Gasteiger partial charge in [0.1, 0.15) is 11.1 Å². The number of allylic oxidation sites excluding steroid dienone is 3. The van der Waals surface area contributed by atoms with Crippen molar-refractivity contribution in [2.75, 3.05) is 0 Å². The Balaban J connectivity index is 2.40. The minimum atomic E-state index is -0.673. The molecular formula is C23H24O5. The van der Waals surface area contributed by atoms with Gasteiger partial charge in [0.05, 0.1) is 5.39 Å².